The lowest BCUT2D eigenvalue weighted by Crippen LogP contribution is -2.19. The largest absolute Gasteiger partial charge is 0.106 e. The smallest absolute Gasteiger partial charge is 0.0297 e. The second-order valence-corrected chi connectivity index (χ2v) is 11.2. The molecule has 0 aromatic carbocycles. The molecule has 0 unspecified atom stereocenters. The summed E-state index contributed by atoms with van der Waals surface area (Å²) in [4.78, 5) is 0. The summed E-state index contributed by atoms with van der Waals surface area (Å²) >= 11 is 0. The topological polar surface area (TPSA) is 0 Å². The zero-order chi connectivity index (χ0) is 15.0. The summed E-state index contributed by atoms with van der Waals surface area (Å²) in [5.41, 5.74) is 0. The van der Waals surface area contributed by atoms with E-state index in [1.807, 2.05) is 0 Å². The Morgan fingerprint density at radius 1 is 0.409 bits per heavy atom. The molecule has 0 radical (unpaired) electrons. The maximum Gasteiger partial charge on any atom is -0.0297 e. The van der Waals surface area contributed by atoms with Gasteiger partial charge in [-0.15, -0.1) is 7.92 Å². The molecule has 0 bridgehead atoms. The summed E-state index contributed by atoms with van der Waals surface area (Å²) < 4.78 is 0. The van der Waals surface area contributed by atoms with E-state index >= 15 is 0 Å². The van der Waals surface area contributed by atoms with E-state index in [1.54, 1.807) is 95.5 Å². The fourth-order valence-electron chi connectivity index (χ4n) is 5.43. The quantitative estimate of drug-likeness (QED) is 0.453. The van der Waals surface area contributed by atoms with Crippen molar-refractivity contribution in [3.8, 4) is 0 Å². The van der Waals surface area contributed by atoms with Crippen LogP contribution in [0.3, 0.4) is 0 Å². The van der Waals surface area contributed by atoms with Crippen molar-refractivity contribution < 1.29 is 0 Å². The Bertz CT molecular complexity index is 235. The van der Waals surface area contributed by atoms with E-state index in [2.05, 4.69) is 0 Å². The monoisotopic (exact) mass is 322 g/mol. The van der Waals surface area contributed by atoms with Crippen molar-refractivity contribution in [2.75, 3.05) is 18.5 Å². The molecule has 0 amide bonds. The van der Waals surface area contributed by atoms with Gasteiger partial charge in [-0.3, -0.25) is 0 Å². The first kappa shape index (κ1) is 17.3. The van der Waals surface area contributed by atoms with Gasteiger partial charge in [0.2, 0.25) is 0 Å². The fourth-order valence-corrected chi connectivity index (χ4v) is 9.16. The first-order valence-electron chi connectivity index (χ1n) is 10.6. The normalized spacial score (nSPS) is 26.6. The lowest BCUT2D eigenvalue weighted by molar-refractivity contribution is 0.371. The molecule has 0 atom stereocenters. The summed E-state index contributed by atoms with van der Waals surface area (Å²) in [6, 6.07) is 0. The highest BCUT2D eigenvalue weighted by Gasteiger charge is 2.25. The molecule has 0 aromatic heterocycles. The van der Waals surface area contributed by atoms with Gasteiger partial charge >= 0.3 is 0 Å². The van der Waals surface area contributed by atoms with Crippen LogP contribution in [0.15, 0.2) is 0 Å². The van der Waals surface area contributed by atoms with Crippen molar-refractivity contribution in [2.45, 2.75) is 96.3 Å². The van der Waals surface area contributed by atoms with Crippen LogP contribution in [0.25, 0.3) is 0 Å². The van der Waals surface area contributed by atoms with Crippen LogP contribution in [0.2, 0.25) is 0 Å². The van der Waals surface area contributed by atoms with E-state index in [9.17, 15) is 0 Å². The van der Waals surface area contributed by atoms with E-state index in [4.69, 9.17) is 0 Å². The van der Waals surface area contributed by atoms with Crippen LogP contribution in [-0.2, 0) is 0 Å². The summed E-state index contributed by atoms with van der Waals surface area (Å²) in [5.74, 6) is 3.39. The molecule has 0 N–H and O–H groups in total. The third kappa shape index (κ3) is 5.81. The van der Waals surface area contributed by atoms with Crippen molar-refractivity contribution in [3.63, 3.8) is 0 Å². The Balaban J connectivity index is 1.50. The van der Waals surface area contributed by atoms with Crippen molar-refractivity contribution in [3.05, 3.63) is 0 Å². The van der Waals surface area contributed by atoms with Crippen LogP contribution in [0, 0.1) is 17.8 Å². The van der Waals surface area contributed by atoms with Crippen molar-refractivity contribution in [1.82, 2.24) is 0 Å². The highest BCUT2D eigenvalue weighted by atomic mass is 31.1. The van der Waals surface area contributed by atoms with Gasteiger partial charge in [0, 0.05) is 0 Å². The fraction of sp³-hybridized carbons (Fsp3) is 1.00. The van der Waals surface area contributed by atoms with Gasteiger partial charge < -0.3 is 0 Å². The minimum atomic E-state index is 0.371. The third-order valence-corrected chi connectivity index (χ3v) is 9.82. The molecule has 0 heterocycles. The molecule has 0 aromatic rings. The van der Waals surface area contributed by atoms with Gasteiger partial charge in [0.05, 0.1) is 0 Å². The summed E-state index contributed by atoms with van der Waals surface area (Å²) in [7, 11) is 0.371. The molecule has 0 saturated heterocycles. The Morgan fingerprint density at radius 3 is 0.955 bits per heavy atom. The number of hydrogen-bond acceptors (Lipinski definition) is 0. The lowest BCUT2D eigenvalue weighted by Gasteiger charge is -2.34. The minimum Gasteiger partial charge on any atom is -0.106 e. The zero-order valence-corrected chi connectivity index (χ0v) is 15.8. The van der Waals surface area contributed by atoms with Crippen LogP contribution in [-0.4, -0.2) is 18.5 Å². The molecule has 3 fully saturated rings. The van der Waals surface area contributed by atoms with Crippen LogP contribution in [0.5, 0.6) is 0 Å². The molecule has 3 aliphatic rings. The van der Waals surface area contributed by atoms with Crippen molar-refractivity contribution in [2.24, 2.45) is 17.8 Å². The summed E-state index contributed by atoms with van der Waals surface area (Å²) in [6.07, 6.45) is 28.3. The van der Waals surface area contributed by atoms with Gasteiger partial charge in [-0.1, -0.05) is 96.3 Å². The second-order valence-electron chi connectivity index (χ2n) is 8.73. The molecule has 0 aliphatic heterocycles. The summed E-state index contributed by atoms with van der Waals surface area (Å²) in [5, 5.41) is 0. The standard InChI is InChI=1S/C21H39P/c1-4-10-19(11-5-1)16-22(17-20-12-6-2-7-13-20)18-21-14-8-3-9-15-21/h19-21H,1-18H2. The van der Waals surface area contributed by atoms with E-state index in [-0.39, 0.29) is 0 Å². The lowest BCUT2D eigenvalue weighted by atomic mass is 9.90. The molecule has 0 nitrogen and oxygen atoms in total. The molecule has 1 heteroatoms. The van der Waals surface area contributed by atoms with Gasteiger partial charge in [-0.05, 0) is 36.2 Å². The average Bonchev–Trinajstić information content (AvgIpc) is 2.57. The molecule has 3 saturated carbocycles. The Labute approximate surface area is 141 Å². The first-order chi connectivity index (χ1) is 10.9. The molecule has 22 heavy (non-hydrogen) atoms. The van der Waals surface area contributed by atoms with E-state index in [0.717, 1.165) is 17.8 Å². The van der Waals surface area contributed by atoms with Gasteiger partial charge in [-0.25, -0.2) is 0 Å². The highest BCUT2D eigenvalue weighted by molar-refractivity contribution is 7.57. The molecular formula is C21H39P. The van der Waals surface area contributed by atoms with Crippen LogP contribution >= 0.6 is 7.92 Å². The van der Waals surface area contributed by atoms with Gasteiger partial charge in [0.15, 0.2) is 0 Å². The van der Waals surface area contributed by atoms with Gasteiger partial charge in [-0.2, -0.15) is 0 Å². The Morgan fingerprint density at radius 2 is 0.682 bits per heavy atom. The average molecular weight is 323 g/mol. The SMILES string of the molecule is C1CCC(CP(CC2CCCCC2)CC2CCCCC2)CC1. The van der Waals surface area contributed by atoms with Crippen molar-refractivity contribution >= 4 is 7.92 Å². The molecule has 0 spiro atoms. The molecule has 3 rings (SSSR count). The molecular weight excluding hydrogens is 283 g/mol. The van der Waals surface area contributed by atoms with Crippen LogP contribution in [0.1, 0.15) is 96.3 Å². The predicted molar refractivity (Wildman–Crippen MR) is 101 cm³/mol. The molecule has 128 valence electrons. The zero-order valence-electron chi connectivity index (χ0n) is 14.9. The van der Waals surface area contributed by atoms with E-state index in [1.165, 1.54) is 19.3 Å². The maximum atomic E-state index is 1.67. The summed E-state index contributed by atoms with van der Waals surface area (Å²) in [6.45, 7) is 0. The Kier molecular flexibility index (Phi) is 7.58. The van der Waals surface area contributed by atoms with Crippen LogP contribution < -0.4 is 0 Å². The van der Waals surface area contributed by atoms with Gasteiger partial charge in [0.25, 0.3) is 0 Å². The van der Waals surface area contributed by atoms with E-state index < -0.39 is 0 Å². The highest BCUT2D eigenvalue weighted by Crippen LogP contribution is 2.48. The second kappa shape index (κ2) is 9.66. The van der Waals surface area contributed by atoms with Crippen LogP contribution in [0.4, 0.5) is 0 Å². The van der Waals surface area contributed by atoms with E-state index in [0.29, 0.717) is 7.92 Å². The molecule has 3 aliphatic carbocycles. The Hall–Kier alpha value is 0.430. The minimum absolute atomic E-state index is 0.371. The third-order valence-electron chi connectivity index (χ3n) is 6.72. The first-order valence-corrected chi connectivity index (χ1v) is 12.5. The predicted octanol–water partition coefficient (Wildman–Crippen LogP) is 7.21. The van der Waals surface area contributed by atoms with Gasteiger partial charge in [0.1, 0.15) is 0 Å². The maximum absolute atomic E-state index is 1.67. The number of rotatable bonds is 6. The number of hydrogen-bond donors (Lipinski definition) is 0. The van der Waals surface area contributed by atoms with Crippen molar-refractivity contribution in [1.29, 1.82) is 0 Å².